The third-order valence-corrected chi connectivity index (χ3v) is 4.99. The van der Waals surface area contributed by atoms with Crippen molar-refractivity contribution in [3.63, 3.8) is 0 Å². The summed E-state index contributed by atoms with van der Waals surface area (Å²) in [6.45, 7) is 2.23. The Balaban J connectivity index is 1.93. The molecule has 2 aliphatic carbocycles. The maximum absolute atomic E-state index is 11.1. The summed E-state index contributed by atoms with van der Waals surface area (Å²) in [5, 5.41) is 0. The third kappa shape index (κ3) is 4.00. The molecule has 0 bridgehead atoms. The molecule has 0 aliphatic heterocycles. The Hall–Kier alpha value is -0.530. The fourth-order valence-electron chi connectivity index (χ4n) is 4.00. The molecule has 2 rings (SSSR count). The molecule has 0 atom stereocenters. The molecule has 0 aromatic heterocycles. The number of hydrogen-bond donors (Lipinski definition) is 0. The highest BCUT2D eigenvalue weighted by Gasteiger charge is 2.32. The number of hydrogen-bond acceptors (Lipinski definition) is 2. The highest BCUT2D eigenvalue weighted by atomic mass is 16.5. The van der Waals surface area contributed by atoms with E-state index in [-0.39, 0.29) is 5.97 Å². The summed E-state index contributed by atoms with van der Waals surface area (Å²) in [5.74, 6) is 2.18. The van der Waals surface area contributed by atoms with E-state index in [0.717, 1.165) is 11.8 Å². The summed E-state index contributed by atoms with van der Waals surface area (Å²) in [7, 11) is 0. The predicted octanol–water partition coefficient (Wildman–Crippen LogP) is 4.33. The zero-order valence-corrected chi connectivity index (χ0v) is 11.8. The van der Waals surface area contributed by atoms with Crippen LogP contribution in [0, 0.1) is 17.8 Å². The van der Waals surface area contributed by atoms with Crippen molar-refractivity contribution in [2.45, 2.75) is 71.1 Å². The lowest BCUT2D eigenvalue weighted by Gasteiger charge is -2.37. The number of rotatable bonds is 4. The number of carbonyl (C=O) groups is 1. The summed E-state index contributed by atoms with van der Waals surface area (Å²) in [6, 6.07) is 0. The van der Waals surface area contributed by atoms with Gasteiger partial charge in [-0.1, -0.05) is 64.2 Å². The Morgan fingerprint density at radius 3 is 1.78 bits per heavy atom. The van der Waals surface area contributed by atoms with Crippen molar-refractivity contribution in [1.82, 2.24) is 0 Å². The summed E-state index contributed by atoms with van der Waals surface area (Å²) in [5.41, 5.74) is 0. The van der Waals surface area contributed by atoms with Gasteiger partial charge in [-0.25, -0.2) is 0 Å². The Labute approximate surface area is 111 Å². The van der Waals surface area contributed by atoms with Gasteiger partial charge in [-0.3, -0.25) is 4.79 Å². The van der Waals surface area contributed by atoms with Gasteiger partial charge in [0.05, 0.1) is 6.61 Å². The molecule has 0 saturated heterocycles. The Bertz CT molecular complexity index is 232. The lowest BCUT2D eigenvalue weighted by molar-refractivity contribution is -0.144. The van der Waals surface area contributed by atoms with Crippen LogP contribution in [0.1, 0.15) is 71.1 Å². The molecule has 0 radical (unpaired) electrons. The van der Waals surface area contributed by atoms with E-state index in [1.54, 1.807) is 6.92 Å². The van der Waals surface area contributed by atoms with Gasteiger partial charge < -0.3 is 4.74 Å². The molecule has 104 valence electrons. The smallest absolute Gasteiger partial charge is 0.302 e. The number of carbonyl (C=O) groups excluding carboxylic acids is 1. The van der Waals surface area contributed by atoms with Gasteiger partial charge in [0, 0.05) is 6.92 Å². The van der Waals surface area contributed by atoms with Crippen LogP contribution in [0.5, 0.6) is 0 Å². The van der Waals surface area contributed by atoms with Crippen LogP contribution in [0.2, 0.25) is 0 Å². The lowest BCUT2D eigenvalue weighted by atomic mass is 9.70. The fraction of sp³-hybridized carbons (Fsp3) is 0.938. The number of esters is 1. The average Bonchev–Trinajstić information content (AvgIpc) is 2.41. The van der Waals surface area contributed by atoms with Gasteiger partial charge in [0.25, 0.3) is 0 Å². The summed E-state index contributed by atoms with van der Waals surface area (Å²) in [6.07, 6.45) is 13.8. The summed E-state index contributed by atoms with van der Waals surface area (Å²) < 4.78 is 5.37. The summed E-state index contributed by atoms with van der Waals surface area (Å²) >= 11 is 0. The van der Waals surface area contributed by atoms with Gasteiger partial charge in [-0.15, -0.1) is 0 Å². The SMILES string of the molecule is CC(=O)OCC(C1CCCCC1)C1CCCCC1. The molecule has 0 aromatic rings. The molecule has 0 unspecified atom stereocenters. The molecule has 0 heterocycles. The van der Waals surface area contributed by atoms with Crippen molar-refractivity contribution in [3.8, 4) is 0 Å². The van der Waals surface area contributed by atoms with Crippen LogP contribution in [0.3, 0.4) is 0 Å². The maximum atomic E-state index is 11.1. The van der Waals surface area contributed by atoms with Gasteiger partial charge in [0.1, 0.15) is 0 Å². The first-order valence-electron chi connectivity index (χ1n) is 7.90. The molecule has 0 amide bonds. The van der Waals surface area contributed by atoms with E-state index in [9.17, 15) is 4.79 Å². The molecular formula is C16H28O2. The molecule has 2 saturated carbocycles. The molecule has 2 fully saturated rings. The van der Waals surface area contributed by atoms with Crippen molar-refractivity contribution in [2.24, 2.45) is 17.8 Å². The Kier molecular flexibility index (Phi) is 5.52. The zero-order chi connectivity index (χ0) is 12.8. The first-order valence-corrected chi connectivity index (χ1v) is 7.90. The molecule has 0 N–H and O–H groups in total. The molecule has 18 heavy (non-hydrogen) atoms. The van der Waals surface area contributed by atoms with Gasteiger partial charge in [-0.05, 0) is 17.8 Å². The fourth-order valence-corrected chi connectivity index (χ4v) is 4.00. The van der Waals surface area contributed by atoms with E-state index in [0.29, 0.717) is 12.5 Å². The van der Waals surface area contributed by atoms with Gasteiger partial charge in [0.15, 0.2) is 0 Å². The van der Waals surface area contributed by atoms with Crippen molar-refractivity contribution in [2.75, 3.05) is 6.61 Å². The molecule has 2 aliphatic rings. The topological polar surface area (TPSA) is 26.3 Å². The second-order valence-corrected chi connectivity index (χ2v) is 6.26. The van der Waals surface area contributed by atoms with E-state index in [1.165, 1.54) is 64.2 Å². The first-order chi connectivity index (χ1) is 8.77. The standard InChI is InChI=1S/C16H28O2/c1-13(17)18-12-16(14-8-4-2-5-9-14)15-10-6-3-7-11-15/h14-16H,2-12H2,1H3. The van der Waals surface area contributed by atoms with Crippen molar-refractivity contribution in [3.05, 3.63) is 0 Å². The minimum Gasteiger partial charge on any atom is -0.466 e. The molecule has 0 aromatic carbocycles. The van der Waals surface area contributed by atoms with Crippen LogP contribution in [0.4, 0.5) is 0 Å². The van der Waals surface area contributed by atoms with Gasteiger partial charge in [0.2, 0.25) is 0 Å². The normalized spacial score (nSPS) is 23.2. The van der Waals surface area contributed by atoms with Crippen molar-refractivity contribution in [1.29, 1.82) is 0 Å². The molecular weight excluding hydrogens is 224 g/mol. The number of ether oxygens (including phenoxy) is 1. The highest BCUT2D eigenvalue weighted by Crippen LogP contribution is 2.40. The Morgan fingerprint density at radius 1 is 0.944 bits per heavy atom. The average molecular weight is 252 g/mol. The van der Waals surface area contributed by atoms with Crippen LogP contribution < -0.4 is 0 Å². The minimum atomic E-state index is -0.105. The molecule has 2 heteroatoms. The van der Waals surface area contributed by atoms with Crippen LogP contribution in [0.25, 0.3) is 0 Å². The third-order valence-electron chi connectivity index (χ3n) is 4.99. The van der Waals surface area contributed by atoms with E-state index in [1.807, 2.05) is 0 Å². The lowest BCUT2D eigenvalue weighted by Crippen LogP contribution is -2.31. The largest absolute Gasteiger partial charge is 0.466 e. The monoisotopic (exact) mass is 252 g/mol. The van der Waals surface area contributed by atoms with Crippen LogP contribution >= 0.6 is 0 Å². The first kappa shape index (κ1) is 13.9. The molecule has 0 spiro atoms. The molecule has 2 nitrogen and oxygen atoms in total. The van der Waals surface area contributed by atoms with Gasteiger partial charge >= 0.3 is 5.97 Å². The van der Waals surface area contributed by atoms with E-state index in [4.69, 9.17) is 4.74 Å². The minimum absolute atomic E-state index is 0.105. The summed E-state index contributed by atoms with van der Waals surface area (Å²) in [4.78, 5) is 11.1. The van der Waals surface area contributed by atoms with E-state index < -0.39 is 0 Å². The van der Waals surface area contributed by atoms with Crippen molar-refractivity contribution < 1.29 is 9.53 Å². The van der Waals surface area contributed by atoms with Crippen LogP contribution in [-0.2, 0) is 9.53 Å². The van der Waals surface area contributed by atoms with Gasteiger partial charge in [-0.2, -0.15) is 0 Å². The Morgan fingerprint density at radius 2 is 1.39 bits per heavy atom. The maximum Gasteiger partial charge on any atom is 0.302 e. The van der Waals surface area contributed by atoms with E-state index in [2.05, 4.69) is 0 Å². The van der Waals surface area contributed by atoms with E-state index >= 15 is 0 Å². The quantitative estimate of drug-likeness (QED) is 0.696. The van der Waals surface area contributed by atoms with Crippen LogP contribution in [-0.4, -0.2) is 12.6 Å². The predicted molar refractivity (Wildman–Crippen MR) is 73.3 cm³/mol. The van der Waals surface area contributed by atoms with Crippen molar-refractivity contribution >= 4 is 5.97 Å². The second kappa shape index (κ2) is 7.16. The highest BCUT2D eigenvalue weighted by molar-refractivity contribution is 5.65. The second-order valence-electron chi connectivity index (χ2n) is 6.26. The zero-order valence-electron chi connectivity index (χ0n) is 11.8. The van der Waals surface area contributed by atoms with Crippen LogP contribution in [0.15, 0.2) is 0 Å².